The average Bonchev–Trinajstić information content (AvgIpc) is 2.60. The maximum absolute atomic E-state index is 13.3. The molecule has 0 saturated carbocycles. The lowest BCUT2D eigenvalue weighted by atomic mass is 10.1. The predicted molar refractivity (Wildman–Crippen MR) is 95.2 cm³/mol. The first kappa shape index (κ1) is 18.9. The van der Waals surface area contributed by atoms with Crippen molar-refractivity contribution in [3.63, 3.8) is 0 Å². The van der Waals surface area contributed by atoms with Gasteiger partial charge in [0.1, 0.15) is 12.4 Å². The van der Waals surface area contributed by atoms with Crippen molar-refractivity contribution in [2.75, 3.05) is 5.32 Å². The van der Waals surface area contributed by atoms with Crippen LogP contribution in [0.5, 0.6) is 5.75 Å². The van der Waals surface area contributed by atoms with E-state index in [0.717, 1.165) is 12.0 Å². The molecule has 134 valence electrons. The number of amides is 1. The van der Waals surface area contributed by atoms with Crippen LogP contribution in [-0.2, 0) is 17.8 Å². The highest BCUT2D eigenvalue weighted by Crippen LogP contribution is 2.31. The fourth-order valence-electron chi connectivity index (χ4n) is 2.55. The van der Waals surface area contributed by atoms with Crippen LogP contribution < -0.4 is 10.1 Å². The van der Waals surface area contributed by atoms with Crippen LogP contribution in [-0.4, -0.2) is 5.91 Å². The molecule has 2 rings (SSSR count). The van der Waals surface area contributed by atoms with Crippen LogP contribution in [0.4, 0.5) is 14.5 Å². The number of benzene rings is 2. The van der Waals surface area contributed by atoms with Crippen LogP contribution in [0, 0.1) is 6.92 Å². The normalized spacial score (nSPS) is 10.8. The van der Waals surface area contributed by atoms with Gasteiger partial charge in [-0.3, -0.25) is 4.79 Å². The fraction of sp³-hybridized carbons (Fsp3) is 0.350. The Morgan fingerprint density at radius 1 is 1.20 bits per heavy atom. The Morgan fingerprint density at radius 2 is 1.96 bits per heavy atom. The van der Waals surface area contributed by atoms with E-state index in [4.69, 9.17) is 4.74 Å². The molecule has 2 aromatic rings. The average molecular weight is 347 g/mol. The van der Waals surface area contributed by atoms with E-state index in [0.29, 0.717) is 11.3 Å². The van der Waals surface area contributed by atoms with Gasteiger partial charge in [-0.25, -0.2) is 8.78 Å². The molecule has 3 nitrogen and oxygen atoms in total. The van der Waals surface area contributed by atoms with Crippen LogP contribution in [0.2, 0.25) is 0 Å². The monoisotopic (exact) mass is 347 g/mol. The third kappa shape index (κ3) is 4.78. The van der Waals surface area contributed by atoms with Crippen molar-refractivity contribution in [3.05, 3.63) is 58.7 Å². The lowest BCUT2D eigenvalue weighted by molar-refractivity contribution is -0.115. The molecule has 0 aliphatic heterocycles. The first-order chi connectivity index (χ1) is 12.0. The summed E-state index contributed by atoms with van der Waals surface area (Å²) in [7, 11) is 0. The summed E-state index contributed by atoms with van der Waals surface area (Å²) in [6.07, 6.45) is -1.52. The molecule has 2 aromatic carbocycles. The topological polar surface area (TPSA) is 38.3 Å². The molecule has 0 fully saturated rings. The molecule has 1 amide bonds. The quantitative estimate of drug-likeness (QED) is 0.726. The first-order valence-corrected chi connectivity index (χ1v) is 8.38. The van der Waals surface area contributed by atoms with Crippen molar-refractivity contribution in [3.8, 4) is 5.75 Å². The SMILES string of the molecule is CCC(=O)Nc1c(COc2ccc(CC)cc2C)cccc1C(F)F. The number of carbonyl (C=O) groups excluding carboxylic acids is 1. The summed E-state index contributed by atoms with van der Waals surface area (Å²) < 4.78 is 32.4. The third-order valence-corrected chi connectivity index (χ3v) is 4.03. The highest BCUT2D eigenvalue weighted by molar-refractivity contribution is 5.92. The molecule has 0 heterocycles. The number of anilines is 1. The van der Waals surface area contributed by atoms with Gasteiger partial charge in [-0.1, -0.05) is 44.2 Å². The smallest absolute Gasteiger partial charge is 0.265 e. The van der Waals surface area contributed by atoms with Crippen LogP contribution in [0.25, 0.3) is 0 Å². The minimum absolute atomic E-state index is 0.103. The number of hydrogen-bond donors (Lipinski definition) is 1. The van der Waals surface area contributed by atoms with Crippen LogP contribution >= 0.6 is 0 Å². The Balaban J connectivity index is 2.26. The van der Waals surface area contributed by atoms with Crippen LogP contribution in [0.15, 0.2) is 36.4 Å². The number of para-hydroxylation sites is 1. The van der Waals surface area contributed by atoms with Gasteiger partial charge in [0.25, 0.3) is 6.43 Å². The van der Waals surface area contributed by atoms with Gasteiger partial charge in [-0.2, -0.15) is 0 Å². The lowest BCUT2D eigenvalue weighted by Gasteiger charge is -2.17. The molecule has 0 aliphatic rings. The van der Waals surface area contributed by atoms with Crippen LogP contribution in [0.3, 0.4) is 0 Å². The number of aryl methyl sites for hydroxylation is 2. The van der Waals surface area contributed by atoms with E-state index < -0.39 is 6.43 Å². The van der Waals surface area contributed by atoms with Gasteiger partial charge >= 0.3 is 0 Å². The van der Waals surface area contributed by atoms with E-state index in [-0.39, 0.29) is 30.2 Å². The molecule has 0 aromatic heterocycles. The molecule has 0 unspecified atom stereocenters. The van der Waals surface area contributed by atoms with Gasteiger partial charge in [-0.15, -0.1) is 0 Å². The molecule has 0 saturated heterocycles. The molecule has 1 N–H and O–H groups in total. The minimum Gasteiger partial charge on any atom is -0.489 e. The summed E-state index contributed by atoms with van der Waals surface area (Å²) in [5.74, 6) is 0.394. The number of hydrogen-bond acceptors (Lipinski definition) is 2. The Kier molecular flexibility index (Phi) is 6.51. The lowest BCUT2D eigenvalue weighted by Crippen LogP contribution is -2.14. The molecular weight excluding hydrogens is 324 g/mol. The van der Waals surface area contributed by atoms with Crippen molar-refractivity contribution in [2.24, 2.45) is 0 Å². The fourth-order valence-corrected chi connectivity index (χ4v) is 2.55. The van der Waals surface area contributed by atoms with Gasteiger partial charge in [0.15, 0.2) is 0 Å². The highest BCUT2D eigenvalue weighted by atomic mass is 19.3. The van der Waals surface area contributed by atoms with Crippen molar-refractivity contribution < 1.29 is 18.3 Å². The molecule has 0 bridgehead atoms. The number of carbonyl (C=O) groups is 1. The number of nitrogens with one attached hydrogen (secondary N) is 1. The van der Waals surface area contributed by atoms with E-state index in [1.807, 2.05) is 25.1 Å². The predicted octanol–water partition coefficient (Wildman–Crippen LogP) is 5.42. The molecule has 0 radical (unpaired) electrons. The largest absolute Gasteiger partial charge is 0.489 e. The van der Waals surface area contributed by atoms with Gasteiger partial charge in [-0.05, 0) is 30.5 Å². The molecular formula is C20H23F2NO2. The zero-order valence-electron chi connectivity index (χ0n) is 14.7. The second kappa shape index (κ2) is 8.60. The van der Waals surface area contributed by atoms with E-state index in [1.165, 1.54) is 11.6 Å². The summed E-state index contributed by atoms with van der Waals surface area (Å²) in [5, 5.41) is 2.58. The van der Waals surface area contributed by atoms with E-state index >= 15 is 0 Å². The number of alkyl halides is 2. The number of halogens is 2. The summed E-state index contributed by atoms with van der Waals surface area (Å²) in [6, 6.07) is 10.5. The van der Waals surface area contributed by atoms with Crippen LogP contribution in [0.1, 0.15) is 48.9 Å². The molecule has 0 aliphatic carbocycles. The highest BCUT2D eigenvalue weighted by Gasteiger charge is 2.18. The Labute approximate surface area is 147 Å². The van der Waals surface area contributed by atoms with Crippen molar-refractivity contribution >= 4 is 11.6 Å². The Bertz CT molecular complexity index is 744. The standard InChI is InChI=1S/C20H23F2NO2/c1-4-14-9-10-17(13(3)11-14)25-12-15-7-6-8-16(20(21)22)19(15)23-18(24)5-2/h6-11,20H,4-5,12H2,1-3H3,(H,23,24). The maximum atomic E-state index is 13.3. The molecule has 25 heavy (non-hydrogen) atoms. The third-order valence-electron chi connectivity index (χ3n) is 4.03. The van der Waals surface area contributed by atoms with Crippen molar-refractivity contribution in [1.29, 1.82) is 0 Å². The Hall–Kier alpha value is -2.43. The summed E-state index contributed by atoms with van der Waals surface area (Å²) in [4.78, 5) is 11.7. The number of rotatable bonds is 7. The zero-order chi connectivity index (χ0) is 18.4. The zero-order valence-corrected chi connectivity index (χ0v) is 14.7. The molecule has 5 heteroatoms. The second-order valence-electron chi connectivity index (χ2n) is 5.83. The molecule has 0 spiro atoms. The van der Waals surface area contributed by atoms with Gasteiger partial charge in [0.2, 0.25) is 5.91 Å². The Morgan fingerprint density at radius 3 is 2.56 bits per heavy atom. The van der Waals surface area contributed by atoms with E-state index in [9.17, 15) is 13.6 Å². The first-order valence-electron chi connectivity index (χ1n) is 8.38. The van der Waals surface area contributed by atoms with Gasteiger partial charge in [0.05, 0.1) is 5.69 Å². The van der Waals surface area contributed by atoms with Crippen molar-refractivity contribution in [1.82, 2.24) is 0 Å². The van der Waals surface area contributed by atoms with Gasteiger partial charge < -0.3 is 10.1 Å². The van der Waals surface area contributed by atoms with E-state index in [1.54, 1.807) is 19.1 Å². The van der Waals surface area contributed by atoms with Gasteiger partial charge in [0, 0.05) is 17.5 Å². The minimum atomic E-state index is -2.67. The summed E-state index contributed by atoms with van der Waals surface area (Å²) in [5.41, 5.74) is 2.68. The summed E-state index contributed by atoms with van der Waals surface area (Å²) in [6.45, 7) is 5.80. The summed E-state index contributed by atoms with van der Waals surface area (Å²) >= 11 is 0. The second-order valence-corrected chi connectivity index (χ2v) is 5.83. The number of ether oxygens (including phenoxy) is 1. The van der Waals surface area contributed by atoms with E-state index in [2.05, 4.69) is 12.2 Å². The molecule has 0 atom stereocenters. The maximum Gasteiger partial charge on any atom is 0.265 e. The van der Waals surface area contributed by atoms with Crippen molar-refractivity contribution in [2.45, 2.75) is 46.6 Å².